The normalized spacial score (nSPS) is 5.72. The van der Waals surface area contributed by atoms with Crippen molar-refractivity contribution in [2.75, 3.05) is 5.32 Å². The highest BCUT2D eigenvalue weighted by molar-refractivity contribution is 6.04. The Balaban J connectivity index is 2.43. The van der Waals surface area contributed by atoms with Gasteiger partial charge in [-0.3, -0.25) is 4.79 Å². The zero-order chi connectivity index (χ0) is 23.1. The first-order valence-corrected chi connectivity index (χ1v) is 8.29. The number of carbonyl (C=O) groups is 1. The number of anilines is 1. The van der Waals surface area contributed by atoms with E-state index in [1.807, 2.05) is 0 Å². The lowest BCUT2D eigenvalue weighted by Gasteiger charge is -1.99. The number of terminal acetylenes is 1. The number of nitrogens with one attached hydrogen (secondary N) is 1. The molecule has 3 nitrogen and oxygen atoms in total. The van der Waals surface area contributed by atoms with Crippen LogP contribution in [0.2, 0.25) is 0 Å². The SMILES string of the molecule is C#CC#CC#CC#CC#CC#CC#CC#CC#CC#CC#CC(=O)Nc1ccc(O)cc1. The van der Waals surface area contributed by atoms with Crippen LogP contribution >= 0.6 is 0 Å². The van der Waals surface area contributed by atoms with E-state index in [0.29, 0.717) is 5.69 Å². The minimum absolute atomic E-state index is 0.0998. The van der Waals surface area contributed by atoms with Gasteiger partial charge in [0, 0.05) is 35.3 Å². The summed E-state index contributed by atoms with van der Waals surface area (Å²) in [6.45, 7) is 0. The van der Waals surface area contributed by atoms with Gasteiger partial charge in [0.25, 0.3) is 0 Å². The molecule has 0 aliphatic carbocycles. The zero-order valence-electron chi connectivity index (χ0n) is 16.2. The van der Waals surface area contributed by atoms with Crippen LogP contribution in [0.1, 0.15) is 0 Å². The maximum absolute atomic E-state index is 11.6. The summed E-state index contributed by atoms with van der Waals surface area (Å²) >= 11 is 0. The first-order valence-electron chi connectivity index (χ1n) is 8.29. The monoisotopic (exact) mass is 401 g/mol. The van der Waals surface area contributed by atoms with Crippen molar-refractivity contribution in [1.29, 1.82) is 0 Å². The van der Waals surface area contributed by atoms with Crippen molar-refractivity contribution in [2.24, 2.45) is 0 Å². The van der Waals surface area contributed by atoms with Gasteiger partial charge in [0.15, 0.2) is 0 Å². The molecule has 0 radical (unpaired) electrons. The quantitative estimate of drug-likeness (QED) is 0.545. The Morgan fingerprint density at radius 3 is 1.31 bits per heavy atom. The van der Waals surface area contributed by atoms with E-state index >= 15 is 0 Å². The molecular formula is C29H7NO2. The number of amides is 1. The summed E-state index contributed by atoms with van der Waals surface area (Å²) in [4.78, 5) is 11.6. The lowest BCUT2D eigenvalue weighted by atomic mass is 10.3. The van der Waals surface area contributed by atoms with Crippen LogP contribution in [0.15, 0.2) is 24.3 Å². The van der Waals surface area contributed by atoms with Crippen molar-refractivity contribution in [3.8, 4) is 137 Å². The van der Waals surface area contributed by atoms with Gasteiger partial charge in [-0.15, -0.1) is 6.42 Å². The molecule has 0 spiro atoms. The molecule has 0 bridgehead atoms. The summed E-state index contributed by atoms with van der Waals surface area (Å²) in [5.41, 5.74) is 0.505. The minimum Gasteiger partial charge on any atom is -0.508 e. The second kappa shape index (κ2) is 16.8. The third-order valence-electron chi connectivity index (χ3n) is 2.50. The highest BCUT2D eigenvalue weighted by Gasteiger charge is 1.96. The van der Waals surface area contributed by atoms with Crippen LogP contribution in [0.25, 0.3) is 0 Å². The molecule has 1 aromatic carbocycles. The van der Waals surface area contributed by atoms with Crippen LogP contribution < -0.4 is 5.32 Å². The van der Waals surface area contributed by atoms with Crippen molar-refractivity contribution >= 4 is 11.6 Å². The van der Waals surface area contributed by atoms with Gasteiger partial charge in [-0.2, -0.15) is 0 Å². The van der Waals surface area contributed by atoms with Crippen LogP contribution in [0.4, 0.5) is 5.69 Å². The Kier molecular flexibility index (Phi) is 12.4. The molecule has 0 aliphatic heterocycles. The first kappa shape index (κ1) is 23.7. The van der Waals surface area contributed by atoms with Gasteiger partial charge in [-0.25, -0.2) is 0 Å². The van der Waals surface area contributed by atoms with Gasteiger partial charge in [0.05, 0.1) is 0 Å². The van der Waals surface area contributed by atoms with Gasteiger partial charge in [-0.1, -0.05) is 0 Å². The minimum atomic E-state index is -0.537. The molecule has 1 rings (SSSR count). The Morgan fingerprint density at radius 1 is 0.594 bits per heavy atom. The molecule has 0 unspecified atom stereocenters. The Hall–Kier alpha value is -6.35. The van der Waals surface area contributed by atoms with Crippen LogP contribution in [-0.4, -0.2) is 11.0 Å². The molecule has 0 saturated heterocycles. The summed E-state index contributed by atoms with van der Waals surface area (Å²) < 4.78 is 0. The van der Waals surface area contributed by atoms with Crippen LogP contribution in [0, 0.1) is 131 Å². The van der Waals surface area contributed by atoms with E-state index in [9.17, 15) is 4.79 Å². The van der Waals surface area contributed by atoms with Crippen molar-refractivity contribution in [3.05, 3.63) is 24.3 Å². The molecule has 0 saturated carbocycles. The van der Waals surface area contributed by atoms with E-state index in [0.717, 1.165) is 0 Å². The number of carbonyl (C=O) groups excluding carboxylic acids is 1. The predicted molar refractivity (Wildman–Crippen MR) is 123 cm³/mol. The molecule has 0 aliphatic rings. The highest BCUT2D eigenvalue weighted by Crippen LogP contribution is 2.13. The third kappa shape index (κ3) is 13.8. The van der Waals surface area contributed by atoms with E-state index in [4.69, 9.17) is 11.5 Å². The van der Waals surface area contributed by atoms with Gasteiger partial charge < -0.3 is 10.4 Å². The highest BCUT2D eigenvalue weighted by atomic mass is 16.3. The molecule has 0 heterocycles. The largest absolute Gasteiger partial charge is 0.508 e. The van der Waals surface area contributed by atoms with E-state index in [1.165, 1.54) is 12.1 Å². The topological polar surface area (TPSA) is 49.3 Å². The second-order valence-corrected chi connectivity index (χ2v) is 4.65. The Bertz CT molecular complexity index is 1560. The number of aromatic hydroxyl groups is 1. The number of phenols is 1. The lowest BCUT2D eigenvalue weighted by Crippen LogP contribution is -2.07. The van der Waals surface area contributed by atoms with Crippen molar-refractivity contribution < 1.29 is 9.90 Å². The molecule has 0 aromatic heterocycles. The fraction of sp³-hybridized carbons (Fsp3) is 0. The average molecular weight is 401 g/mol. The summed E-state index contributed by atoms with van der Waals surface area (Å²) in [6, 6.07) is 5.97. The van der Waals surface area contributed by atoms with E-state index < -0.39 is 5.91 Å². The summed E-state index contributed by atoms with van der Waals surface area (Å²) in [6.07, 6.45) is 4.92. The van der Waals surface area contributed by atoms with E-state index in [2.05, 4.69) is 130 Å². The summed E-state index contributed by atoms with van der Waals surface area (Å²) in [5, 5.41) is 11.7. The molecule has 0 fully saturated rings. The van der Waals surface area contributed by atoms with Crippen molar-refractivity contribution in [3.63, 3.8) is 0 Å². The summed E-state index contributed by atoms with van der Waals surface area (Å²) in [7, 11) is 0. The fourth-order valence-corrected chi connectivity index (χ4v) is 1.36. The molecule has 0 atom stereocenters. The molecular weight excluding hydrogens is 394 g/mol. The Labute approximate surface area is 187 Å². The van der Waals surface area contributed by atoms with Crippen LogP contribution in [0.5, 0.6) is 5.75 Å². The second-order valence-electron chi connectivity index (χ2n) is 4.65. The third-order valence-corrected chi connectivity index (χ3v) is 2.50. The molecule has 32 heavy (non-hydrogen) atoms. The van der Waals surface area contributed by atoms with Crippen LogP contribution in [-0.2, 0) is 4.79 Å². The Morgan fingerprint density at radius 2 is 0.938 bits per heavy atom. The zero-order valence-corrected chi connectivity index (χ0v) is 16.2. The standard InChI is InChI=1S/C29H7NO2/c1-2-3-4-5-6-7-8-9-10-11-12-13-14-15-16-17-18-19-20-21-22-29(32)30-27-23-25-28(31)26-24-27/h1,23-26,31H,(H,30,32). The molecule has 2 N–H and O–H groups in total. The molecule has 3 heteroatoms. The molecule has 1 amide bonds. The van der Waals surface area contributed by atoms with Gasteiger partial charge >= 0.3 is 5.91 Å². The number of benzene rings is 1. The smallest absolute Gasteiger partial charge is 0.301 e. The van der Waals surface area contributed by atoms with E-state index in [1.54, 1.807) is 12.1 Å². The van der Waals surface area contributed by atoms with Crippen LogP contribution in [0.3, 0.4) is 0 Å². The average Bonchev–Trinajstić information content (AvgIpc) is 2.79. The van der Waals surface area contributed by atoms with Gasteiger partial charge in [0.1, 0.15) is 5.75 Å². The van der Waals surface area contributed by atoms with Crippen molar-refractivity contribution in [1.82, 2.24) is 0 Å². The maximum Gasteiger partial charge on any atom is 0.301 e. The predicted octanol–water partition coefficient (Wildman–Crippen LogP) is 0.998. The fourth-order valence-electron chi connectivity index (χ4n) is 1.36. The number of hydrogen-bond acceptors (Lipinski definition) is 2. The number of hydrogen-bond donors (Lipinski definition) is 2. The van der Waals surface area contributed by atoms with Gasteiger partial charge in [-0.05, 0) is 119 Å². The number of phenolic OH excluding ortho intramolecular Hbond substituents is 1. The number of rotatable bonds is 1. The molecule has 140 valence electrons. The summed E-state index contributed by atoms with van der Waals surface area (Å²) in [5.74, 6) is 50.4. The van der Waals surface area contributed by atoms with Gasteiger partial charge in [0.2, 0.25) is 0 Å². The maximum atomic E-state index is 11.6. The molecule has 1 aromatic rings. The van der Waals surface area contributed by atoms with E-state index in [-0.39, 0.29) is 5.75 Å². The van der Waals surface area contributed by atoms with Crippen molar-refractivity contribution in [2.45, 2.75) is 0 Å². The first-order chi connectivity index (χ1) is 15.7. The lowest BCUT2D eigenvalue weighted by molar-refractivity contribution is -0.111.